The third kappa shape index (κ3) is 29.4. The number of halogens is 2. The van der Waals surface area contributed by atoms with Gasteiger partial charge < -0.3 is 33.9 Å². The van der Waals surface area contributed by atoms with Gasteiger partial charge in [-0.05, 0) is 139 Å². The van der Waals surface area contributed by atoms with E-state index >= 15 is 0 Å². The van der Waals surface area contributed by atoms with Crippen molar-refractivity contribution in [3.63, 3.8) is 0 Å². The SMILES string of the molecule is C#Cc1ccccc1.C=C(C)C(=O)OCC(C)O.C=C(C)C(=O)OCC(C)Oc1ccc(Br)cc1.C=C(C)C(=O)OCC(C)Oc1ccc(C#Cc2ccccc2)cc1.Oc1ccc(Br)cc1. The second-order valence-corrected chi connectivity index (χ2v) is 16.3. The summed E-state index contributed by atoms with van der Waals surface area (Å²) in [4.78, 5) is 33.1. The van der Waals surface area contributed by atoms with Gasteiger partial charge in [-0.25, -0.2) is 14.4 Å². The molecule has 3 unspecified atom stereocenters. The van der Waals surface area contributed by atoms with Crippen LogP contribution in [0, 0.1) is 24.2 Å². The number of esters is 3. The lowest BCUT2D eigenvalue weighted by atomic mass is 10.2. The molecule has 0 bridgehead atoms. The molecule has 0 aliphatic rings. The number of ether oxygens (including phenoxy) is 5. The Hall–Kier alpha value is -6.83. The molecule has 0 aromatic heterocycles. The highest BCUT2D eigenvalue weighted by molar-refractivity contribution is 9.10. The number of phenolic OH excluding ortho intramolecular Hbond substituents is 1. The average Bonchev–Trinajstić information content (AvgIpc) is 3.32. The van der Waals surface area contributed by atoms with Crippen LogP contribution in [0.4, 0.5) is 0 Å². The summed E-state index contributed by atoms with van der Waals surface area (Å²) in [6.45, 7) is 20.9. The van der Waals surface area contributed by atoms with Crippen LogP contribution in [0.2, 0.25) is 0 Å². The van der Waals surface area contributed by atoms with Gasteiger partial charge in [0, 0.05) is 42.4 Å². The van der Waals surface area contributed by atoms with E-state index in [-0.39, 0.29) is 32.0 Å². The van der Waals surface area contributed by atoms with Crippen LogP contribution in [-0.4, -0.2) is 66.3 Å². The Bertz CT molecular complexity index is 2360. The molecule has 0 spiro atoms. The zero-order valence-corrected chi connectivity index (χ0v) is 41.8. The molecular formula is C55H58Br2O10. The minimum atomic E-state index is -0.608. The molecule has 0 saturated heterocycles. The van der Waals surface area contributed by atoms with Crippen LogP contribution in [0.15, 0.2) is 179 Å². The van der Waals surface area contributed by atoms with E-state index in [0.717, 1.165) is 31.4 Å². The highest BCUT2D eigenvalue weighted by atomic mass is 79.9. The molecule has 12 heteroatoms. The van der Waals surface area contributed by atoms with Crippen LogP contribution in [0.3, 0.4) is 0 Å². The van der Waals surface area contributed by atoms with Gasteiger partial charge in [0.25, 0.3) is 0 Å². The molecule has 0 aliphatic carbocycles. The maximum Gasteiger partial charge on any atom is 0.333 e. The van der Waals surface area contributed by atoms with Crippen LogP contribution < -0.4 is 9.47 Å². The molecule has 5 aromatic rings. The maximum atomic E-state index is 11.3. The summed E-state index contributed by atoms with van der Waals surface area (Å²) in [5.41, 5.74) is 3.94. The Morgan fingerprint density at radius 1 is 0.537 bits per heavy atom. The van der Waals surface area contributed by atoms with Crippen LogP contribution in [0.1, 0.15) is 58.2 Å². The third-order valence-corrected chi connectivity index (χ3v) is 8.69. The molecule has 5 aromatic carbocycles. The van der Waals surface area contributed by atoms with Gasteiger partial charge in [0.05, 0.1) is 6.10 Å². The molecule has 352 valence electrons. The summed E-state index contributed by atoms with van der Waals surface area (Å²) in [6.07, 6.45) is 4.06. The van der Waals surface area contributed by atoms with Crippen LogP contribution in [0.5, 0.6) is 17.2 Å². The van der Waals surface area contributed by atoms with E-state index in [4.69, 9.17) is 35.6 Å². The normalized spacial score (nSPS) is 10.7. The molecule has 2 N–H and O–H groups in total. The zero-order valence-electron chi connectivity index (χ0n) is 38.7. The minimum absolute atomic E-state index is 0.0334. The Labute approximate surface area is 412 Å². The van der Waals surface area contributed by atoms with Crippen molar-refractivity contribution >= 4 is 49.8 Å². The number of hydrogen-bond acceptors (Lipinski definition) is 10. The summed E-state index contributed by atoms with van der Waals surface area (Å²) in [6, 6.07) is 41.2. The van der Waals surface area contributed by atoms with Crippen molar-refractivity contribution < 1.29 is 48.3 Å². The van der Waals surface area contributed by atoms with Gasteiger partial charge in [-0.1, -0.05) is 106 Å². The van der Waals surface area contributed by atoms with E-state index in [1.165, 1.54) is 0 Å². The number of carbonyl (C=O) groups is 3. The third-order valence-electron chi connectivity index (χ3n) is 7.63. The molecule has 10 nitrogen and oxygen atoms in total. The van der Waals surface area contributed by atoms with Gasteiger partial charge in [-0.15, -0.1) is 6.42 Å². The largest absolute Gasteiger partial charge is 0.508 e. The first-order chi connectivity index (χ1) is 31.8. The number of terminal acetylenes is 1. The lowest BCUT2D eigenvalue weighted by Crippen LogP contribution is -2.21. The van der Waals surface area contributed by atoms with Crippen molar-refractivity contribution in [3.8, 4) is 41.4 Å². The molecule has 0 fully saturated rings. The summed E-state index contributed by atoms with van der Waals surface area (Å²) in [5, 5.41) is 17.4. The summed E-state index contributed by atoms with van der Waals surface area (Å²) in [7, 11) is 0. The Morgan fingerprint density at radius 2 is 0.866 bits per heavy atom. The Balaban J connectivity index is 0.000000452. The highest BCUT2D eigenvalue weighted by Gasteiger charge is 2.10. The fourth-order valence-corrected chi connectivity index (χ4v) is 4.78. The molecule has 5 rings (SSSR count). The lowest BCUT2D eigenvalue weighted by molar-refractivity contribution is -0.142. The molecule has 0 radical (unpaired) electrons. The smallest absolute Gasteiger partial charge is 0.333 e. The van der Waals surface area contributed by atoms with E-state index in [2.05, 4.69) is 74.1 Å². The fraction of sp³-hybridized carbons (Fsp3) is 0.218. The lowest BCUT2D eigenvalue weighted by Gasteiger charge is -2.14. The number of hydrogen-bond donors (Lipinski definition) is 2. The van der Waals surface area contributed by atoms with Crippen molar-refractivity contribution in [2.24, 2.45) is 0 Å². The highest BCUT2D eigenvalue weighted by Crippen LogP contribution is 2.18. The van der Waals surface area contributed by atoms with Crippen LogP contribution in [-0.2, 0) is 28.6 Å². The van der Waals surface area contributed by atoms with Crippen molar-refractivity contribution in [1.29, 1.82) is 0 Å². The van der Waals surface area contributed by atoms with Gasteiger partial charge in [0.1, 0.15) is 49.3 Å². The van der Waals surface area contributed by atoms with E-state index in [0.29, 0.717) is 28.2 Å². The molecule has 3 atom stereocenters. The Morgan fingerprint density at radius 3 is 1.19 bits per heavy atom. The van der Waals surface area contributed by atoms with E-state index in [9.17, 15) is 14.4 Å². The second kappa shape index (κ2) is 33.6. The number of benzene rings is 5. The van der Waals surface area contributed by atoms with Crippen molar-refractivity contribution in [1.82, 2.24) is 0 Å². The fourth-order valence-electron chi connectivity index (χ4n) is 4.26. The first kappa shape index (κ1) is 58.2. The first-order valence-corrected chi connectivity index (χ1v) is 22.3. The van der Waals surface area contributed by atoms with Gasteiger partial charge in [-0.2, -0.15) is 0 Å². The summed E-state index contributed by atoms with van der Waals surface area (Å²) in [5.74, 6) is 9.24. The molecule has 0 saturated carbocycles. The van der Waals surface area contributed by atoms with Crippen molar-refractivity contribution in [2.45, 2.75) is 59.9 Å². The van der Waals surface area contributed by atoms with Gasteiger partial charge in [0.2, 0.25) is 0 Å². The average molecular weight is 1040 g/mol. The summed E-state index contributed by atoms with van der Waals surface area (Å²) < 4.78 is 27.9. The summed E-state index contributed by atoms with van der Waals surface area (Å²) >= 11 is 6.58. The standard InChI is InChI=1S/C21H20O3.C13H15BrO3.C8H6.C7H12O3.C6H5BrO/c1-16(2)21(22)23-15-17(3)24-20-13-11-19(12-14-20)10-9-18-7-5-4-6-8-18;1-9(2)13(15)16-8-10(3)17-12-6-4-11(14)5-7-12;1-2-8-6-4-3-5-7-8;1-5(2)7(9)10-4-6(3)8;7-5-1-3-6(8)4-2-5/h4-8,11-14,17H,1,15H2,2-3H3;4-7,10H,1,8H2,2-3H3;1,3-7H;6,8H,1,4H2,2-3H3;1-4,8H. The van der Waals surface area contributed by atoms with Crippen LogP contribution >= 0.6 is 31.9 Å². The zero-order chi connectivity index (χ0) is 50.1. The number of carbonyl (C=O) groups excluding carboxylic acids is 3. The molecule has 0 amide bonds. The monoisotopic (exact) mass is 1040 g/mol. The molecular weight excluding hydrogens is 980 g/mol. The Kier molecular flexibility index (Phi) is 29.2. The van der Waals surface area contributed by atoms with Crippen molar-refractivity contribution in [3.05, 3.63) is 196 Å². The second-order valence-electron chi connectivity index (χ2n) is 14.4. The molecule has 0 aliphatic heterocycles. The maximum absolute atomic E-state index is 11.3. The van der Waals surface area contributed by atoms with Gasteiger partial charge >= 0.3 is 17.9 Å². The van der Waals surface area contributed by atoms with E-state index < -0.39 is 24.0 Å². The molecule has 0 heterocycles. The number of rotatable bonds is 13. The first-order valence-electron chi connectivity index (χ1n) is 20.7. The number of phenols is 1. The van der Waals surface area contributed by atoms with Crippen molar-refractivity contribution in [2.75, 3.05) is 19.8 Å². The van der Waals surface area contributed by atoms with E-state index in [1.807, 2.05) is 123 Å². The quantitative estimate of drug-likeness (QED) is 0.0507. The van der Waals surface area contributed by atoms with Gasteiger partial charge in [0.15, 0.2) is 0 Å². The van der Waals surface area contributed by atoms with Crippen LogP contribution in [0.25, 0.3) is 0 Å². The minimum Gasteiger partial charge on any atom is -0.508 e. The number of aliphatic hydroxyl groups is 1. The van der Waals surface area contributed by atoms with E-state index in [1.54, 1.807) is 52.0 Å². The van der Waals surface area contributed by atoms with Gasteiger partial charge in [-0.3, -0.25) is 0 Å². The number of aromatic hydroxyl groups is 1. The topological polar surface area (TPSA) is 138 Å². The predicted molar refractivity (Wildman–Crippen MR) is 272 cm³/mol. The number of aliphatic hydroxyl groups excluding tert-OH is 1. The predicted octanol–water partition coefficient (Wildman–Crippen LogP) is 11.6. The molecule has 67 heavy (non-hydrogen) atoms.